The van der Waals surface area contributed by atoms with Crippen molar-refractivity contribution in [3.63, 3.8) is 0 Å². The first-order chi connectivity index (χ1) is 15.4. The number of hydrogen-bond donors (Lipinski definition) is 2. The molecule has 0 saturated carbocycles. The first-order valence-corrected chi connectivity index (χ1v) is 10.7. The summed E-state index contributed by atoms with van der Waals surface area (Å²) in [7, 11) is 0. The van der Waals surface area contributed by atoms with Gasteiger partial charge in [-0.3, -0.25) is 9.36 Å². The highest BCUT2D eigenvalue weighted by Gasteiger charge is 2.14. The van der Waals surface area contributed by atoms with E-state index < -0.39 is 0 Å². The molecule has 0 fully saturated rings. The van der Waals surface area contributed by atoms with Crippen molar-refractivity contribution in [2.75, 3.05) is 10.6 Å². The van der Waals surface area contributed by atoms with Gasteiger partial charge in [-0.15, -0.1) is 0 Å². The fourth-order valence-electron chi connectivity index (χ4n) is 3.59. The van der Waals surface area contributed by atoms with E-state index in [1.165, 1.54) is 23.3 Å². The zero-order valence-corrected chi connectivity index (χ0v) is 19.1. The SMILES string of the molecule is Cc1ccccc1Cn1nc(C)c(NC(=S)Nc2cnn(Cc3cccc(F)c3)c2)c1C. The number of anilines is 2. The number of aryl methyl sites for hydroxylation is 2. The Labute approximate surface area is 192 Å². The van der Waals surface area contributed by atoms with E-state index in [9.17, 15) is 4.39 Å². The highest BCUT2D eigenvalue weighted by atomic mass is 32.1. The van der Waals surface area contributed by atoms with Crippen LogP contribution in [0.15, 0.2) is 60.9 Å². The molecule has 2 N–H and O–H groups in total. The van der Waals surface area contributed by atoms with Gasteiger partial charge in [0.15, 0.2) is 5.11 Å². The lowest BCUT2D eigenvalue weighted by Crippen LogP contribution is -2.19. The molecular weight excluding hydrogens is 423 g/mol. The van der Waals surface area contributed by atoms with Gasteiger partial charge in [0.25, 0.3) is 0 Å². The lowest BCUT2D eigenvalue weighted by Gasteiger charge is -2.11. The second-order valence-corrected chi connectivity index (χ2v) is 8.17. The third kappa shape index (κ3) is 5.03. The Hall–Kier alpha value is -3.52. The summed E-state index contributed by atoms with van der Waals surface area (Å²) < 4.78 is 17.1. The van der Waals surface area contributed by atoms with E-state index in [4.69, 9.17) is 12.2 Å². The Morgan fingerprint density at radius 2 is 1.84 bits per heavy atom. The normalized spacial score (nSPS) is 10.9. The number of rotatable bonds is 6. The molecule has 2 heterocycles. The molecule has 0 aliphatic rings. The molecule has 2 aromatic carbocycles. The van der Waals surface area contributed by atoms with Crippen LogP contribution in [0.2, 0.25) is 0 Å². The molecule has 4 aromatic rings. The molecule has 0 aliphatic heterocycles. The van der Waals surface area contributed by atoms with E-state index in [1.54, 1.807) is 16.9 Å². The second kappa shape index (κ2) is 9.32. The highest BCUT2D eigenvalue weighted by Crippen LogP contribution is 2.22. The van der Waals surface area contributed by atoms with E-state index >= 15 is 0 Å². The number of thiocarbonyl (C=S) groups is 1. The monoisotopic (exact) mass is 448 g/mol. The molecule has 164 valence electrons. The summed E-state index contributed by atoms with van der Waals surface area (Å²) in [4.78, 5) is 0. The zero-order chi connectivity index (χ0) is 22.7. The van der Waals surface area contributed by atoms with Crippen molar-refractivity contribution in [2.45, 2.75) is 33.9 Å². The summed E-state index contributed by atoms with van der Waals surface area (Å²) >= 11 is 5.51. The quantitative estimate of drug-likeness (QED) is 0.404. The van der Waals surface area contributed by atoms with Crippen LogP contribution in [0.4, 0.5) is 15.8 Å². The van der Waals surface area contributed by atoms with Crippen LogP contribution in [-0.4, -0.2) is 24.7 Å². The van der Waals surface area contributed by atoms with Gasteiger partial charge in [0.2, 0.25) is 0 Å². The van der Waals surface area contributed by atoms with Gasteiger partial charge in [-0.05, 0) is 61.8 Å². The van der Waals surface area contributed by atoms with Crippen LogP contribution >= 0.6 is 12.2 Å². The molecule has 2 aromatic heterocycles. The Balaban J connectivity index is 1.41. The van der Waals surface area contributed by atoms with Gasteiger partial charge < -0.3 is 10.6 Å². The highest BCUT2D eigenvalue weighted by molar-refractivity contribution is 7.80. The number of halogens is 1. The van der Waals surface area contributed by atoms with Crippen molar-refractivity contribution in [3.8, 4) is 0 Å². The summed E-state index contributed by atoms with van der Waals surface area (Å²) in [6.45, 7) is 7.27. The third-order valence-corrected chi connectivity index (χ3v) is 5.53. The average Bonchev–Trinajstić information content (AvgIpc) is 3.28. The summed E-state index contributed by atoms with van der Waals surface area (Å²) in [6, 6.07) is 14.8. The maximum atomic E-state index is 13.4. The maximum absolute atomic E-state index is 13.4. The van der Waals surface area contributed by atoms with Gasteiger partial charge in [0.1, 0.15) is 5.82 Å². The van der Waals surface area contributed by atoms with Crippen LogP contribution in [0.3, 0.4) is 0 Å². The molecule has 6 nitrogen and oxygen atoms in total. The van der Waals surface area contributed by atoms with Crippen LogP contribution in [0.5, 0.6) is 0 Å². The van der Waals surface area contributed by atoms with Crippen molar-refractivity contribution in [3.05, 3.63) is 94.8 Å². The van der Waals surface area contributed by atoms with Gasteiger partial charge in [-0.2, -0.15) is 10.2 Å². The summed E-state index contributed by atoms with van der Waals surface area (Å²) in [5.41, 5.74) is 6.84. The molecule has 4 rings (SSSR count). The van der Waals surface area contributed by atoms with E-state index in [1.807, 2.05) is 42.9 Å². The zero-order valence-electron chi connectivity index (χ0n) is 18.3. The van der Waals surface area contributed by atoms with Gasteiger partial charge in [0.05, 0.1) is 42.0 Å². The Morgan fingerprint density at radius 3 is 2.62 bits per heavy atom. The third-order valence-electron chi connectivity index (χ3n) is 5.33. The van der Waals surface area contributed by atoms with E-state index in [-0.39, 0.29) is 5.82 Å². The summed E-state index contributed by atoms with van der Waals surface area (Å²) in [6.07, 6.45) is 3.52. The summed E-state index contributed by atoms with van der Waals surface area (Å²) in [5, 5.41) is 15.9. The minimum Gasteiger partial charge on any atom is -0.330 e. The number of benzene rings is 2. The minimum atomic E-state index is -0.257. The van der Waals surface area contributed by atoms with Crippen molar-refractivity contribution in [1.82, 2.24) is 19.6 Å². The molecule has 8 heteroatoms. The average molecular weight is 449 g/mol. The van der Waals surface area contributed by atoms with Crippen molar-refractivity contribution < 1.29 is 4.39 Å². The largest absolute Gasteiger partial charge is 0.330 e. The van der Waals surface area contributed by atoms with Crippen LogP contribution in [0.25, 0.3) is 0 Å². The van der Waals surface area contributed by atoms with Gasteiger partial charge in [0, 0.05) is 6.20 Å². The molecule has 0 saturated heterocycles. The lowest BCUT2D eigenvalue weighted by atomic mass is 10.1. The lowest BCUT2D eigenvalue weighted by molar-refractivity contribution is 0.619. The number of aromatic nitrogens is 4. The standard InChI is InChI=1S/C24H25FN6S/c1-16-7-4-5-9-20(16)14-31-18(3)23(17(2)29-31)28-24(32)27-22-12-26-30(15-22)13-19-8-6-10-21(25)11-19/h4-12,15H,13-14H2,1-3H3,(H2,27,28,32). The molecule has 32 heavy (non-hydrogen) atoms. The predicted octanol–water partition coefficient (Wildman–Crippen LogP) is 5.05. The van der Waals surface area contributed by atoms with Gasteiger partial charge in [-0.25, -0.2) is 4.39 Å². The molecule has 0 amide bonds. The molecule has 0 unspecified atom stereocenters. The van der Waals surface area contributed by atoms with Crippen LogP contribution in [0.1, 0.15) is 28.1 Å². The molecule has 0 spiro atoms. The van der Waals surface area contributed by atoms with Crippen molar-refractivity contribution in [2.24, 2.45) is 0 Å². The van der Waals surface area contributed by atoms with Crippen LogP contribution < -0.4 is 10.6 Å². The first kappa shape index (κ1) is 21.7. The number of nitrogens with one attached hydrogen (secondary N) is 2. The van der Waals surface area contributed by atoms with Crippen molar-refractivity contribution in [1.29, 1.82) is 0 Å². The van der Waals surface area contributed by atoms with Crippen LogP contribution in [0, 0.1) is 26.6 Å². The molecule has 0 bridgehead atoms. The molecule has 0 atom stereocenters. The fraction of sp³-hybridized carbons (Fsp3) is 0.208. The molecular formula is C24H25FN6S. The summed E-state index contributed by atoms with van der Waals surface area (Å²) in [5.74, 6) is -0.257. The smallest absolute Gasteiger partial charge is 0.175 e. The predicted molar refractivity (Wildman–Crippen MR) is 130 cm³/mol. The fourth-order valence-corrected chi connectivity index (χ4v) is 3.81. The Kier molecular flexibility index (Phi) is 6.32. The topological polar surface area (TPSA) is 59.7 Å². The van der Waals surface area contributed by atoms with Gasteiger partial charge in [-0.1, -0.05) is 36.4 Å². The second-order valence-electron chi connectivity index (χ2n) is 7.77. The minimum absolute atomic E-state index is 0.257. The van der Waals surface area contributed by atoms with Crippen molar-refractivity contribution >= 4 is 28.7 Å². The number of hydrogen-bond acceptors (Lipinski definition) is 3. The molecule has 0 radical (unpaired) electrons. The molecule has 0 aliphatic carbocycles. The van der Waals surface area contributed by atoms with Crippen LogP contribution in [-0.2, 0) is 13.1 Å². The number of nitrogens with zero attached hydrogens (tertiary/aromatic N) is 4. The van der Waals surface area contributed by atoms with E-state index in [0.717, 1.165) is 28.3 Å². The van der Waals surface area contributed by atoms with Gasteiger partial charge >= 0.3 is 0 Å². The van der Waals surface area contributed by atoms with E-state index in [2.05, 4.69) is 39.9 Å². The Bertz CT molecular complexity index is 1260. The Morgan fingerprint density at radius 1 is 1.03 bits per heavy atom. The first-order valence-electron chi connectivity index (χ1n) is 10.3. The maximum Gasteiger partial charge on any atom is 0.175 e. The van der Waals surface area contributed by atoms with E-state index in [0.29, 0.717) is 18.2 Å².